The van der Waals surface area contributed by atoms with Crippen LogP contribution in [0, 0.1) is 13.8 Å². The third kappa shape index (κ3) is 6.11. The van der Waals surface area contributed by atoms with Crippen molar-refractivity contribution in [1.82, 2.24) is 24.8 Å². The van der Waals surface area contributed by atoms with Gasteiger partial charge in [0.15, 0.2) is 0 Å². The number of piperazine rings is 1. The second-order valence-corrected chi connectivity index (χ2v) is 8.26. The van der Waals surface area contributed by atoms with Gasteiger partial charge in [-0.1, -0.05) is 23.7 Å². The van der Waals surface area contributed by atoms with Crippen molar-refractivity contribution in [2.24, 2.45) is 4.99 Å². The van der Waals surface area contributed by atoms with Gasteiger partial charge in [-0.25, -0.2) is 19.9 Å². The van der Waals surface area contributed by atoms with Gasteiger partial charge in [0, 0.05) is 50.0 Å². The number of aliphatic imine (C=N–C) groups is 1. The van der Waals surface area contributed by atoms with E-state index in [1.165, 1.54) is 0 Å². The van der Waals surface area contributed by atoms with Gasteiger partial charge in [0.05, 0.1) is 10.7 Å². The fourth-order valence-corrected chi connectivity index (χ4v) is 3.81. The summed E-state index contributed by atoms with van der Waals surface area (Å²) in [6, 6.07) is 11.1. The zero-order chi connectivity index (χ0) is 23.2. The molecular formula is C22H24ClN9S. The monoisotopic (exact) mass is 481 g/mol. The van der Waals surface area contributed by atoms with Crippen molar-refractivity contribution in [2.75, 3.05) is 41.7 Å². The highest BCUT2D eigenvalue weighted by Gasteiger charge is 2.22. The van der Waals surface area contributed by atoms with E-state index in [1.54, 1.807) is 18.5 Å². The smallest absolute Gasteiger partial charge is 0.229 e. The molecule has 2 aromatic heterocycles. The number of thiocarbonyl (C=S) groups is 1. The van der Waals surface area contributed by atoms with Crippen LogP contribution >= 0.6 is 23.8 Å². The number of nitrogens with zero attached hydrogens (tertiary/aromatic N) is 7. The lowest BCUT2D eigenvalue weighted by molar-refractivity contribution is 0.382. The van der Waals surface area contributed by atoms with E-state index >= 15 is 0 Å². The summed E-state index contributed by atoms with van der Waals surface area (Å²) in [5.74, 6) is 1.76. The Morgan fingerprint density at radius 3 is 2.30 bits per heavy atom. The number of halogens is 1. The Morgan fingerprint density at radius 2 is 1.64 bits per heavy atom. The molecule has 0 radical (unpaired) electrons. The Labute approximate surface area is 203 Å². The Balaban J connectivity index is 1.54. The van der Waals surface area contributed by atoms with Crippen LogP contribution in [0.15, 0.2) is 53.8 Å². The number of anilines is 3. The van der Waals surface area contributed by atoms with Crippen molar-refractivity contribution in [3.63, 3.8) is 0 Å². The van der Waals surface area contributed by atoms with E-state index < -0.39 is 0 Å². The van der Waals surface area contributed by atoms with E-state index in [0.29, 0.717) is 35.7 Å². The number of hydrogen-bond donors (Lipinski definition) is 2. The van der Waals surface area contributed by atoms with E-state index in [2.05, 4.69) is 45.4 Å². The largest absolute Gasteiger partial charge is 0.339 e. The molecule has 3 aromatic rings. The highest BCUT2D eigenvalue weighted by atomic mass is 35.5. The minimum Gasteiger partial charge on any atom is -0.339 e. The van der Waals surface area contributed by atoms with Crippen molar-refractivity contribution in [3.8, 4) is 0 Å². The van der Waals surface area contributed by atoms with Crippen LogP contribution in [0.25, 0.3) is 0 Å². The Kier molecular flexibility index (Phi) is 7.26. The molecular weight excluding hydrogens is 458 g/mol. The summed E-state index contributed by atoms with van der Waals surface area (Å²) >= 11 is 11.8. The molecule has 0 amide bonds. The van der Waals surface area contributed by atoms with Gasteiger partial charge in [-0.3, -0.25) is 5.32 Å². The Hall–Kier alpha value is -3.37. The first-order valence-corrected chi connectivity index (χ1v) is 11.3. The SMILES string of the molecule is Cc1cc(C)nc(N/C(=N/C(=S)Nc2ccccc2Cl)N2CCN(c3ncccn3)CC2)n1. The summed E-state index contributed by atoms with van der Waals surface area (Å²) in [5.41, 5.74) is 2.43. The average molecular weight is 482 g/mol. The first-order valence-electron chi connectivity index (χ1n) is 10.5. The average Bonchev–Trinajstić information content (AvgIpc) is 2.80. The van der Waals surface area contributed by atoms with Crippen molar-refractivity contribution >= 4 is 52.5 Å². The standard InChI is InChI=1S/C22H24ClN9S/c1-15-14-16(2)27-19(26-15)29-21(30-22(33)28-18-7-4-3-6-17(18)23)32-12-10-31(11-13-32)20-24-8-5-9-25-20/h3-9,14H,10-13H2,1-2H3,(H2,26,27,28,29,30,33). The van der Waals surface area contributed by atoms with Gasteiger partial charge < -0.3 is 15.1 Å². The number of hydrogen-bond acceptors (Lipinski definition) is 6. The number of nitrogens with one attached hydrogen (secondary N) is 2. The fourth-order valence-electron chi connectivity index (χ4n) is 3.43. The van der Waals surface area contributed by atoms with Gasteiger partial charge >= 0.3 is 0 Å². The van der Waals surface area contributed by atoms with Crippen molar-refractivity contribution in [3.05, 3.63) is 65.2 Å². The predicted molar refractivity (Wildman–Crippen MR) is 136 cm³/mol. The molecule has 0 atom stereocenters. The van der Waals surface area contributed by atoms with E-state index in [-0.39, 0.29) is 5.11 Å². The molecule has 1 aliphatic heterocycles. The fraction of sp³-hybridized carbons (Fsp3) is 0.273. The predicted octanol–water partition coefficient (Wildman–Crippen LogP) is 3.52. The normalized spacial score (nSPS) is 14.2. The van der Waals surface area contributed by atoms with Gasteiger partial charge in [-0.15, -0.1) is 0 Å². The van der Waals surface area contributed by atoms with Gasteiger partial charge in [0.25, 0.3) is 0 Å². The first kappa shape index (κ1) is 22.8. The molecule has 0 saturated carbocycles. The van der Waals surface area contributed by atoms with Crippen LogP contribution in [0.2, 0.25) is 5.02 Å². The number of para-hydroxylation sites is 1. The molecule has 1 aromatic carbocycles. The maximum atomic E-state index is 6.26. The number of rotatable bonds is 3. The van der Waals surface area contributed by atoms with Crippen LogP contribution in [-0.4, -0.2) is 62.1 Å². The molecule has 1 fully saturated rings. The Morgan fingerprint density at radius 1 is 0.970 bits per heavy atom. The molecule has 3 heterocycles. The third-order valence-corrected chi connectivity index (χ3v) is 5.47. The van der Waals surface area contributed by atoms with E-state index in [9.17, 15) is 0 Å². The maximum absolute atomic E-state index is 6.26. The molecule has 0 aliphatic carbocycles. The van der Waals surface area contributed by atoms with Gasteiger partial charge in [0.1, 0.15) is 0 Å². The van der Waals surface area contributed by atoms with E-state index in [1.807, 2.05) is 44.2 Å². The van der Waals surface area contributed by atoms with Crippen molar-refractivity contribution in [2.45, 2.75) is 13.8 Å². The molecule has 1 saturated heterocycles. The van der Waals surface area contributed by atoms with Crippen LogP contribution in [0.5, 0.6) is 0 Å². The van der Waals surface area contributed by atoms with Crippen molar-refractivity contribution < 1.29 is 0 Å². The lowest BCUT2D eigenvalue weighted by Gasteiger charge is -2.36. The molecule has 9 nitrogen and oxygen atoms in total. The first-order chi connectivity index (χ1) is 16.0. The maximum Gasteiger partial charge on any atom is 0.229 e. The van der Waals surface area contributed by atoms with Crippen LogP contribution in [0.3, 0.4) is 0 Å². The number of aryl methyl sites for hydroxylation is 2. The summed E-state index contributed by atoms with van der Waals surface area (Å²) in [6.45, 7) is 6.73. The van der Waals surface area contributed by atoms with Crippen LogP contribution < -0.4 is 15.5 Å². The number of benzene rings is 1. The second kappa shape index (κ2) is 10.5. The van der Waals surface area contributed by atoms with E-state index in [0.717, 1.165) is 30.4 Å². The molecule has 33 heavy (non-hydrogen) atoms. The Bertz CT molecular complexity index is 1130. The minimum absolute atomic E-state index is 0.281. The highest BCUT2D eigenvalue weighted by Crippen LogP contribution is 2.21. The molecule has 4 rings (SSSR count). The summed E-state index contributed by atoms with van der Waals surface area (Å²) in [7, 11) is 0. The molecule has 0 spiro atoms. The summed E-state index contributed by atoms with van der Waals surface area (Å²) in [6.07, 6.45) is 3.50. The zero-order valence-electron chi connectivity index (χ0n) is 18.4. The second-order valence-electron chi connectivity index (χ2n) is 7.47. The van der Waals surface area contributed by atoms with Crippen LogP contribution in [0.1, 0.15) is 11.4 Å². The molecule has 2 N–H and O–H groups in total. The van der Waals surface area contributed by atoms with Gasteiger partial charge in [-0.05, 0) is 50.3 Å². The minimum atomic E-state index is 0.281. The molecule has 0 bridgehead atoms. The van der Waals surface area contributed by atoms with Gasteiger partial charge in [0.2, 0.25) is 23.0 Å². The molecule has 11 heteroatoms. The third-order valence-electron chi connectivity index (χ3n) is 4.94. The number of guanidine groups is 1. The van der Waals surface area contributed by atoms with Crippen LogP contribution in [0.4, 0.5) is 17.6 Å². The molecule has 0 unspecified atom stereocenters. The lowest BCUT2D eigenvalue weighted by Crippen LogP contribution is -2.51. The zero-order valence-corrected chi connectivity index (χ0v) is 19.9. The summed E-state index contributed by atoms with van der Waals surface area (Å²) < 4.78 is 0. The molecule has 170 valence electrons. The summed E-state index contributed by atoms with van der Waals surface area (Å²) in [5, 5.41) is 7.21. The molecule has 1 aliphatic rings. The van der Waals surface area contributed by atoms with Gasteiger partial charge in [-0.2, -0.15) is 4.99 Å². The number of aromatic nitrogens is 4. The lowest BCUT2D eigenvalue weighted by atomic mass is 10.3. The highest BCUT2D eigenvalue weighted by molar-refractivity contribution is 7.80. The van der Waals surface area contributed by atoms with Crippen molar-refractivity contribution in [1.29, 1.82) is 0 Å². The van der Waals surface area contributed by atoms with E-state index in [4.69, 9.17) is 23.8 Å². The van der Waals surface area contributed by atoms with Crippen LogP contribution in [-0.2, 0) is 0 Å². The summed E-state index contributed by atoms with van der Waals surface area (Å²) in [4.78, 5) is 26.6. The quantitative estimate of drug-likeness (QED) is 0.331. The topological polar surface area (TPSA) is 94.5 Å².